The standard InChI is InChI=1S/C14H22N2O/c1-3-17-10-12-9-16(8-11(12)2)14-6-4-13(15)5-7-14/h4-7,11-12H,3,8-10,15H2,1-2H3/t11-,12-/m0/s1. The molecule has 1 aliphatic heterocycles. The fourth-order valence-corrected chi connectivity index (χ4v) is 2.42. The number of ether oxygens (including phenoxy) is 1. The van der Waals surface area contributed by atoms with E-state index in [-0.39, 0.29) is 0 Å². The number of hydrogen-bond acceptors (Lipinski definition) is 3. The highest BCUT2D eigenvalue weighted by molar-refractivity contribution is 5.53. The first-order valence-corrected chi connectivity index (χ1v) is 6.39. The Labute approximate surface area is 104 Å². The van der Waals surface area contributed by atoms with Gasteiger partial charge in [0, 0.05) is 37.0 Å². The lowest BCUT2D eigenvalue weighted by Gasteiger charge is -2.18. The predicted octanol–water partition coefficient (Wildman–Crippen LogP) is 2.38. The molecule has 0 saturated carbocycles. The molecule has 3 heteroatoms. The molecule has 3 nitrogen and oxygen atoms in total. The lowest BCUT2D eigenvalue weighted by Crippen LogP contribution is -2.21. The molecule has 1 fully saturated rings. The second-order valence-electron chi connectivity index (χ2n) is 4.89. The molecular weight excluding hydrogens is 212 g/mol. The molecule has 2 rings (SSSR count). The summed E-state index contributed by atoms with van der Waals surface area (Å²) in [4.78, 5) is 2.42. The molecule has 2 atom stereocenters. The van der Waals surface area contributed by atoms with Gasteiger partial charge in [0.15, 0.2) is 0 Å². The first-order valence-electron chi connectivity index (χ1n) is 6.39. The Morgan fingerprint density at radius 1 is 1.29 bits per heavy atom. The van der Waals surface area contributed by atoms with E-state index in [4.69, 9.17) is 10.5 Å². The van der Waals surface area contributed by atoms with Crippen LogP contribution in [0.3, 0.4) is 0 Å². The van der Waals surface area contributed by atoms with Gasteiger partial charge in [-0.15, -0.1) is 0 Å². The van der Waals surface area contributed by atoms with Crippen LogP contribution in [0.1, 0.15) is 13.8 Å². The third-order valence-corrected chi connectivity index (χ3v) is 3.56. The zero-order chi connectivity index (χ0) is 12.3. The molecule has 1 saturated heterocycles. The number of nitrogens with two attached hydrogens (primary N) is 1. The Morgan fingerprint density at radius 2 is 2.00 bits per heavy atom. The van der Waals surface area contributed by atoms with Crippen molar-refractivity contribution in [1.29, 1.82) is 0 Å². The minimum atomic E-state index is 0.646. The number of rotatable bonds is 4. The van der Waals surface area contributed by atoms with Gasteiger partial charge in [0.05, 0.1) is 6.61 Å². The highest BCUT2D eigenvalue weighted by Crippen LogP contribution is 2.28. The summed E-state index contributed by atoms with van der Waals surface area (Å²) in [7, 11) is 0. The summed E-state index contributed by atoms with van der Waals surface area (Å²) in [6, 6.07) is 8.14. The number of nitrogen functional groups attached to an aromatic ring is 1. The minimum Gasteiger partial charge on any atom is -0.399 e. The fourth-order valence-electron chi connectivity index (χ4n) is 2.42. The molecule has 17 heavy (non-hydrogen) atoms. The molecule has 0 radical (unpaired) electrons. The molecule has 2 N–H and O–H groups in total. The van der Waals surface area contributed by atoms with E-state index < -0.39 is 0 Å². The van der Waals surface area contributed by atoms with Crippen molar-refractivity contribution in [3.05, 3.63) is 24.3 Å². The van der Waals surface area contributed by atoms with Crippen molar-refractivity contribution >= 4 is 11.4 Å². The topological polar surface area (TPSA) is 38.5 Å². The van der Waals surface area contributed by atoms with E-state index >= 15 is 0 Å². The SMILES string of the molecule is CCOC[C@@H]1CN(c2ccc(N)cc2)C[C@@H]1C. The summed E-state index contributed by atoms with van der Waals surface area (Å²) in [5, 5.41) is 0. The smallest absolute Gasteiger partial charge is 0.0514 e. The molecule has 0 aliphatic carbocycles. The van der Waals surface area contributed by atoms with Crippen molar-refractivity contribution in [2.75, 3.05) is 36.9 Å². The van der Waals surface area contributed by atoms with Crippen LogP contribution < -0.4 is 10.6 Å². The lowest BCUT2D eigenvalue weighted by molar-refractivity contribution is 0.104. The normalized spacial score (nSPS) is 24.2. The minimum absolute atomic E-state index is 0.646. The largest absolute Gasteiger partial charge is 0.399 e. The van der Waals surface area contributed by atoms with Crippen LogP contribution in [0.25, 0.3) is 0 Å². The second-order valence-corrected chi connectivity index (χ2v) is 4.89. The molecule has 1 heterocycles. The van der Waals surface area contributed by atoms with Crippen LogP contribution in [0.15, 0.2) is 24.3 Å². The summed E-state index contributed by atoms with van der Waals surface area (Å²) in [6.07, 6.45) is 0. The summed E-state index contributed by atoms with van der Waals surface area (Å²) in [5.41, 5.74) is 7.80. The predicted molar refractivity (Wildman–Crippen MR) is 72.2 cm³/mol. The third-order valence-electron chi connectivity index (χ3n) is 3.56. The Bertz CT molecular complexity index is 350. The third kappa shape index (κ3) is 2.91. The van der Waals surface area contributed by atoms with Crippen molar-refractivity contribution in [2.24, 2.45) is 11.8 Å². The molecule has 0 spiro atoms. The molecular formula is C14H22N2O. The van der Waals surface area contributed by atoms with Gasteiger partial charge in [0.1, 0.15) is 0 Å². The average molecular weight is 234 g/mol. The van der Waals surface area contributed by atoms with Crippen molar-refractivity contribution in [2.45, 2.75) is 13.8 Å². The van der Waals surface area contributed by atoms with E-state index in [0.29, 0.717) is 11.8 Å². The maximum absolute atomic E-state index is 5.71. The van der Waals surface area contributed by atoms with Crippen molar-refractivity contribution in [1.82, 2.24) is 0 Å². The van der Waals surface area contributed by atoms with Crippen LogP contribution >= 0.6 is 0 Å². The summed E-state index contributed by atoms with van der Waals surface area (Å²) >= 11 is 0. The van der Waals surface area contributed by atoms with Gasteiger partial charge < -0.3 is 15.4 Å². The molecule has 0 unspecified atom stereocenters. The average Bonchev–Trinajstić information content (AvgIpc) is 2.69. The van der Waals surface area contributed by atoms with Crippen molar-refractivity contribution in [3.8, 4) is 0 Å². The molecule has 1 aliphatic rings. The van der Waals surface area contributed by atoms with Gasteiger partial charge >= 0.3 is 0 Å². The number of hydrogen-bond donors (Lipinski definition) is 1. The Hall–Kier alpha value is -1.22. The number of benzene rings is 1. The van der Waals surface area contributed by atoms with Crippen molar-refractivity contribution < 1.29 is 4.74 Å². The zero-order valence-electron chi connectivity index (χ0n) is 10.7. The Kier molecular flexibility index (Phi) is 3.89. The lowest BCUT2D eigenvalue weighted by atomic mass is 9.99. The summed E-state index contributed by atoms with van der Waals surface area (Å²) in [5.74, 6) is 1.34. The molecule has 0 aromatic heterocycles. The van der Waals surface area contributed by atoms with Crippen LogP contribution in [0.4, 0.5) is 11.4 Å². The van der Waals surface area contributed by atoms with Gasteiger partial charge in [0.2, 0.25) is 0 Å². The number of anilines is 2. The quantitative estimate of drug-likeness (QED) is 0.813. The van der Waals surface area contributed by atoms with Crippen LogP contribution in [0.2, 0.25) is 0 Å². The number of nitrogens with zero attached hydrogens (tertiary/aromatic N) is 1. The zero-order valence-corrected chi connectivity index (χ0v) is 10.7. The van der Waals surface area contributed by atoms with Gasteiger partial charge in [-0.1, -0.05) is 6.92 Å². The molecule has 0 bridgehead atoms. The van der Waals surface area contributed by atoms with E-state index in [1.165, 1.54) is 5.69 Å². The van der Waals surface area contributed by atoms with Gasteiger partial charge in [0.25, 0.3) is 0 Å². The monoisotopic (exact) mass is 234 g/mol. The van der Waals surface area contributed by atoms with Crippen LogP contribution in [0.5, 0.6) is 0 Å². The summed E-state index contributed by atoms with van der Waals surface area (Å²) in [6.45, 7) is 8.25. The molecule has 0 amide bonds. The van der Waals surface area contributed by atoms with Crippen molar-refractivity contribution in [3.63, 3.8) is 0 Å². The van der Waals surface area contributed by atoms with E-state index in [2.05, 4.69) is 30.9 Å². The van der Waals surface area contributed by atoms with E-state index in [0.717, 1.165) is 32.0 Å². The van der Waals surface area contributed by atoms with Crippen LogP contribution in [0, 0.1) is 11.8 Å². The maximum Gasteiger partial charge on any atom is 0.0514 e. The van der Waals surface area contributed by atoms with Gasteiger partial charge in [-0.25, -0.2) is 0 Å². The van der Waals surface area contributed by atoms with Crippen LogP contribution in [-0.4, -0.2) is 26.3 Å². The maximum atomic E-state index is 5.71. The summed E-state index contributed by atoms with van der Waals surface area (Å²) < 4.78 is 5.54. The fraction of sp³-hybridized carbons (Fsp3) is 0.571. The Balaban J connectivity index is 1.98. The molecule has 1 aromatic carbocycles. The molecule has 94 valence electrons. The first kappa shape index (κ1) is 12.2. The second kappa shape index (κ2) is 5.41. The molecule has 1 aromatic rings. The van der Waals surface area contributed by atoms with E-state index in [1.807, 2.05) is 12.1 Å². The first-order chi connectivity index (χ1) is 8.20. The van der Waals surface area contributed by atoms with E-state index in [9.17, 15) is 0 Å². The van der Waals surface area contributed by atoms with E-state index in [1.54, 1.807) is 0 Å². The van der Waals surface area contributed by atoms with Crippen LogP contribution in [-0.2, 0) is 4.74 Å². The Morgan fingerprint density at radius 3 is 2.65 bits per heavy atom. The van der Waals surface area contributed by atoms with Gasteiger partial charge in [-0.3, -0.25) is 0 Å². The van der Waals surface area contributed by atoms with Gasteiger partial charge in [-0.2, -0.15) is 0 Å². The highest BCUT2D eigenvalue weighted by Gasteiger charge is 2.29. The van der Waals surface area contributed by atoms with Gasteiger partial charge in [-0.05, 0) is 37.1 Å². The highest BCUT2D eigenvalue weighted by atomic mass is 16.5.